The molecular weight excluding hydrogens is 413 g/mol. The summed E-state index contributed by atoms with van der Waals surface area (Å²) in [6.07, 6.45) is -1.22. The van der Waals surface area contributed by atoms with Crippen LogP contribution in [0.25, 0.3) is 0 Å². The van der Waals surface area contributed by atoms with Crippen LogP contribution in [0.4, 0.5) is 5.82 Å². The van der Waals surface area contributed by atoms with Crippen LogP contribution < -0.4 is 115 Å². The SMILES string of the molecule is Nc1ccn(C[C@@H](CO)OCP(=O)([O-])OP(=O)([O-])[O-])c(=O)n1.[Na+].[Na+].[Na+]. The predicted molar refractivity (Wildman–Crippen MR) is 66.0 cm³/mol. The largest absolute Gasteiger partial charge is 1.00 e. The molecule has 0 aliphatic rings. The van der Waals surface area contributed by atoms with Gasteiger partial charge in [-0.25, -0.2) is 4.79 Å². The first kappa shape index (κ1) is 31.6. The van der Waals surface area contributed by atoms with Crippen LogP contribution in [0.5, 0.6) is 0 Å². The van der Waals surface area contributed by atoms with Crippen LogP contribution in [0, 0.1) is 0 Å². The van der Waals surface area contributed by atoms with Crippen molar-refractivity contribution in [3.05, 3.63) is 22.7 Å². The Labute approximate surface area is 209 Å². The van der Waals surface area contributed by atoms with E-state index in [9.17, 15) is 28.6 Å². The molecule has 0 amide bonds. The maximum atomic E-state index is 11.5. The molecule has 0 saturated heterocycles. The quantitative estimate of drug-likeness (QED) is 0.296. The normalized spacial score (nSPS) is 14.2. The molecule has 1 heterocycles. The fraction of sp³-hybridized carbons (Fsp3) is 0.500. The van der Waals surface area contributed by atoms with Crippen LogP contribution in [0.15, 0.2) is 17.1 Å². The van der Waals surface area contributed by atoms with Crippen molar-refractivity contribution >= 4 is 21.2 Å². The summed E-state index contributed by atoms with van der Waals surface area (Å²) < 4.78 is 30.5. The summed E-state index contributed by atoms with van der Waals surface area (Å²) in [6.45, 7) is -0.974. The number of nitrogens with two attached hydrogens (primary N) is 1. The zero-order chi connectivity index (χ0) is 17.0. The van der Waals surface area contributed by atoms with E-state index >= 15 is 0 Å². The van der Waals surface area contributed by atoms with E-state index in [0.29, 0.717) is 0 Å². The number of nitrogens with zero attached hydrogens (tertiary/aromatic N) is 2. The van der Waals surface area contributed by atoms with Gasteiger partial charge in [0, 0.05) is 6.20 Å². The minimum atomic E-state index is -5.73. The molecule has 0 saturated carbocycles. The van der Waals surface area contributed by atoms with Crippen molar-refractivity contribution < 1.29 is 127 Å². The Morgan fingerprint density at radius 2 is 1.84 bits per heavy atom. The zero-order valence-electron chi connectivity index (χ0n) is 13.9. The van der Waals surface area contributed by atoms with E-state index in [1.165, 1.54) is 12.3 Å². The van der Waals surface area contributed by atoms with E-state index in [0.717, 1.165) is 4.57 Å². The number of phosphoric acid groups is 1. The summed E-state index contributed by atoms with van der Waals surface area (Å²) >= 11 is 0. The molecule has 1 unspecified atom stereocenters. The van der Waals surface area contributed by atoms with Crippen molar-refractivity contribution in [2.45, 2.75) is 12.6 Å². The molecule has 0 bridgehead atoms. The summed E-state index contributed by atoms with van der Waals surface area (Å²) in [7, 11) is -10.8. The first-order chi connectivity index (χ1) is 10.0. The molecule has 0 radical (unpaired) electrons. The molecule has 0 fully saturated rings. The van der Waals surface area contributed by atoms with Gasteiger partial charge in [-0.2, -0.15) is 4.98 Å². The van der Waals surface area contributed by atoms with Crippen molar-refractivity contribution in [1.29, 1.82) is 0 Å². The summed E-state index contributed by atoms with van der Waals surface area (Å²) in [6, 6.07) is 1.29. The predicted octanol–water partition coefficient (Wildman–Crippen LogP) is -12.4. The number of hydrogen-bond donors (Lipinski definition) is 2. The third-order valence-corrected chi connectivity index (χ3v) is 4.45. The van der Waals surface area contributed by atoms with Gasteiger partial charge in [0.1, 0.15) is 12.2 Å². The van der Waals surface area contributed by atoms with E-state index in [1.807, 2.05) is 0 Å². The van der Waals surface area contributed by atoms with Gasteiger partial charge in [0.25, 0.3) is 0 Å². The van der Waals surface area contributed by atoms with Crippen LogP contribution in [0.2, 0.25) is 0 Å². The fourth-order valence-corrected chi connectivity index (χ4v) is 3.14. The molecule has 1 aromatic rings. The summed E-state index contributed by atoms with van der Waals surface area (Å²) in [5.74, 6) is -0.0261. The van der Waals surface area contributed by atoms with Crippen LogP contribution in [-0.2, 0) is 24.7 Å². The second kappa shape index (κ2) is 14.0. The topological polar surface area (TPSA) is 203 Å². The molecule has 3 N–H and O–H groups in total. The molecule has 12 nitrogen and oxygen atoms in total. The van der Waals surface area contributed by atoms with Gasteiger partial charge >= 0.3 is 94.4 Å². The minimum Gasteiger partial charge on any atom is -0.790 e. The van der Waals surface area contributed by atoms with Crippen molar-refractivity contribution in [3.8, 4) is 0 Å². The van der Waals surface area contributed by atoms with E-state index in [2.05, 4.69) is 9.29 Å². The Kier molecular flexibility index (Phi) is 17.7. The van der Waals surface area contributed by atoms with Gasteiger partial charge in [-0.3, -0.25) is 4.57 Å². The third-order valence-electron chi connectivity index (χ3n) is 2.19. The second-order valence-corrected chi connectivity index (χ2v) is 7.06. The number of anilines is 1. The minimum absolute atomic E-state index is 0. The molecule has 0 spiro atoms. The maximum Gasteiger partial charge on any atom is 1.00 e. The van der Waals surface area contributed by atoms with Crippen molar-refractivity contribution in [2.24, 2.45) is 0 Å². The average Bonchev–Trinajstić information content (AvgIpc) is 2.34. The van der Waals surface area contributed by atoms with Gasteiger partial charge in [0.05, 0.1) is 27.1 Å². The van der Waals surface area contributed by atoms with Gasteiger partial charge in [-0.1, -0.05) is 0 Å². The van der Waals surface area contributed by atoms with Crippen LogP contribution in [0.1, 0.15) is 0 Å². The number of aliphatic hydroxyl groups excluding tert-OH is 1. The number of aliphatic hydroxyl groups is 1. The number of ether oxygens (including phenoxy) is 1. The van der Waals surface area contributed by atoms with Gasteiger partial charge in [-0.05, 0) is 6.07 Å². The number of aromatic nitrogens is 2. The van der Waals surface area contributed by atoms with Gasteiger partial charge < -0.3 is 43.7 Å². The number of hydrogen-bond acceptors (Lipinski definition) is 11. The Balaban J connectivity index is -0.00000161. The second-order valence-electron chi connectivity index (χ2n) is 4.03. The first-order valence-corrected chi connectivity index (χ1v) is 8.80. The Morgan fingerprint density at radius 1 is 1.28 bits per heavy atom. The molecule has 1 aromatic heterocycles. The summed E-state index contributed by atoms with van der Waals surface area (Å²) in [5, 5.41) is 9.07. The molecule has 0 aromatic carbocycles. The van der Waals surface area contributed by atoms with Crippen molar-refractivity contribution in [1.82, 2.24) is 9.55 Å². The first-order valence-electron chi connectivity index (χ1n) is 5.61. The molecule has 17 heteroatoms. The van der Waals surface area contributed by atoms with Crippen molar-refractivity contribution in [2.75, 3.05) is 18.7 Å². The summed E-state index contributed by atoms with van der Waals surface area (Å²) in [4.78, 5) is 46.5. The summed E-state index contributed by atoms with van der Waals surface area (Å²) in [5.41, 5.74) is 4.52. The number of nitrogen functional groups attached to an aromatic ring is 1. The van der Waals surface area contributed by atoms with Crippen LogP contribution >= 0.6 is 15.4 Å². The number of rotatable bonds is 8. The van der Waals surface area contributed by atoms with E-state index in [1.54, 1.807) is 0 Å². The van der Waals surface area contributed by atoms with Gasteiger partial charge in [0.15, 0.2) is 7.60 Å². The van der Waals surface area contributed by atoms with Crippen molar-refractivity contribution in [3.63, 3.8) is 0 Å². The van der Waals surface area contributed by atoms with E-state index in [-0.39, 0.29) is 101 Å². The molecule has 25 heavy (non-hydrogen) atoms. The van der Waals surface area contributed by atoms with Crippen LogP contribution in [0.3, 0.4) is 0 Å². The third kappa shape index (κ3) is 13.7. The molecule has 126 valence electrons. The smallest absolute Gasteiger partial charge is 0.790 e. The average molecular weight is 425 g/mol. The van der Waals surface area contributed by atoms with E-state index in [4.69, 9.17) is 15.6 Å². The van der Waals surface area contributed by atoms with Gasteiger partial charge in [-0.15, -0.1) is 0 Å². The fourth-order valence-electron chi connectivity index (χ4n) is 1.34. The van der Waals surface area contributed by atoms with Crippen LogP contribution in [-0.4, -0.2) is 33.7 Å². The van der Waals surface area contributed by atoms with Gasteiger partial charge in [0.2, 0.25) is 0 Å². The molecule has 1 rings (SSSR count). The Bertz CT molecular complexity index is 670. The maximum absolute atomic E-state index is 11.5. The molecular formula is C8H12N3Na3O9P2. The standard InChI is InChI=1S/C8H15N3O9P2.3Na/c9-7-1-2-11(8(13)10-7)3-6(4-12)19-5-21(14,15)20-22(16,17)18;;;/h1-2,6,12H,3-5H2,(H,14,15)(H2,9,10,13)(H2,16,17,18);;;/q;3*+1/p-3/t6-;;;/m0.../s1. The Morgan fingerprint density at radius 3 is 2.28 bits per heavy atom. The Hall–Kier alpha value is 1.90. The molecule has 2 atom stereocenters. The van der Waals surface area contributed by atoms with E-state index < -0.39 is 40.2 Å². The monoisotopic (exact) mass is 425 g/mol. The zero-order valence-corrected chi connectivity index (χ0v) is 21.7. The molecule has 0 aliphatic carbocycles. The molecule has 0 aliphatic heterocycles.